The molecule has 0 saturated heterocycles. The first-order chi connectivity index (χ1) is 13.6. The van der Waals surface area contributed by atoms with Crippen molar-refractivity contribution in [2.45, 2.75) is 4.90 Å². The number of hydroxylamine groups is 2. The Morgan fingerprint density at radius 1 is 1.10 bits per heavy atom. The van der Waals surface area contributed by atoms with Crippen LogP contribution in [-0.4, -0.2) is 42.9 Å². The van der Waals surface area contributed by atoms with Gasteiger partial charge in [0.15, 0.2) is 15.6 Å². The first-order valence-corrected chi connectivity index (χ1v) is 10.5. The fraction of sp³-hybridized carbons (Fsp3) is 0.100. The molecule has 1 amide bonds. The summed E-state index contributed by atoms with van der Waals surface area (Å²) in [5, 5.41) is 10.00. The molecule has 0 fully saturated rings. The minimum atomic E-state index is -3.34. The molecule has 0 aliphatic rings. The number of hydrogen-bond donors (Lipinski definition) is 1. The second-order valence-electron chi connectivity index (χ2n) is 6.08. The molecule has 0 unspecified atom stereocenters. The molecule has 0 aliphatic heterocycles. The van der Waals surface area contributed by atoms with Crippen LogP contribution in [0.25, 0.3) is 22.6 Å². The Morgan fingerprint density at radius 2 is 1.69 bits per heavy atom. The van der Waals surface area contributed by atoms with Crippen molar-refractivity contribution in [2.24, 2.45) is 0 Å². The number of hydrogen-bond acceptors (Lipinski definition) is 6. The first kappa shape index (κ1) is 20.6. The summed E-state index contributed by atoms with van der Waals surface area (Å²) in [4.78, 5) is 16.0. The molecule has 0 radical (unpaired) electrons. The van der Waals surface area contributed by atoms with Gasteiger partial charge in [-0.25, -0.2) is 18.5 Å². The normalized spacial score (nSPS) is 10.9. The van der Waals surface area contributed by atoms with Crippen molar-refractivity contribution >= 4 is 27.3 Å². The minimum absolute atomic E-state index is 0.0349. The van der Waals surface area contributed by atoms with E-state index in [2.05, 4.69) is 16.8 Å². The van der Waals surface area contributed by atoms with Gasteiger partial charge in [0.25, 0.3) is 5.89 Å². The van der Waals surface area contributed by atoms with E-state index in [4.69, 9.17) is 21.2 Å². The molecule has 0 saturated carbocycles. The van der Waals surface area contributed by atoms with Gasteiger partial charge in [0.1, 0.15) is 5.69 Å². The van der Waals surface area contributed by atoms with Crippen molar-refractivity contribution in [2.75, 3.05) is 13.3 Å². The number of rotatable bonds is 3. The van der Waals surface area contributed by atoms with Crippen molar-refractivity contribution < 1.29 is 22.8 Å². The second kappa shape index (κ2) is 8.09. The molecule has 148 valence electrons. The lowest BCUT2D eigenvalue weighted by atomic mass is 10.1. The van der Waals surface area contributed by atoms with Gasteiger partial charge < -0.3 is 4.42 Å². The summed E-state index contributed by atoms with van der Waals surface area (Å²) < 4.78 is 29.1. The Morgan fingerprint density at radius 3 is 2.24 bits per heavy atom. The van der Waals surface area contributed by atoms with Gasteiger partial charge in [-0.05, 0) is 36.4 Å². The van der Waals surface area contributed by atoms with Crippen molar-refractivity contribution in [1.29, 1.82) is 0 Å². The highest BCUT2D eigenvalue weighted by Crippen LogP contribution is 2.33. The number of nitrogens with zero attached hydrogens (tertiary/aromatic N) is 2. The van der Waals surface area contributed by atoms with E-state index in [-0.39, 0.29) is 10.8 Å². The monoisotopic (exact) mass is 430 g/mol. The smallest absolute Gasteiger partial charge is 0.322 e. The predicted molar refractivity (Wildman–Crippen MR) is 107 cm³/mol. The average Bonchev–Trinajstić information content (AvgIpc) is 3.10. The minimum Gasteiger partial charge on any atom is -0.429 e. The maximum atomic E-state index is 11.7. The summed E-state index contributed by atoms with van der Waals surface area (Å²) in [7, 11) is -2.19. The van der Waals surface area contributed by atoms with Crippen LogP contribution in [0.4, 0.5) is 0 Å². The van der Waals surface area contributed by atoms with Crippen LogP contribution < -0.4 is 0 Å². The number of amides is 1. The van der Waals surface area contributed by atoms with E-state index in [1.54, 1.807) is 36.4 Å². The molecule has 0 bridgehead atoms. The van der Waals surface area contributed by atoms with Crippen molar-refractivity contribution in [3.05, 3.63) is 59.4 Å². The molecule has 29 heavy (non-hydrogen) atoms. The fourth-order valence-electron chi connectivity index (χ4n) is 2.41. The maximum Gasteiger partial charge on any atom is 0.322 e. The molecular weight excluding hydrogens is 416 g/mol. The van der Waals surface area contributed by atoms with E-state index in [1.807, 2.05) is 0 Å². The zero-order valence-corrected chi connectivity index (χ0v) is 17.0. The molecule has 3 aromatic rings. The lowest BCUT2D eigenvalue weighted by molar-refractivity contribution is -0.152. The van der Waals surface area contributed by atoms with Gasteiger partial charge >= 0.3 is 5.91 Å². The van der Waals surface area contributed by atoms with Crippen LogP contribution in [0.15, 0.2) is 57.8 Å². The Balaban J connectivity index is 2.11. The van der Waals surface area contributed by atoms with E-state index in [0.717, 1.165) is 13.3 Å². The van der Waals surface area contributed by atoms with Gasteiger partial charge in [-0.3, -0.25) is 10.0 Å². The first-order valence-electron chi connectivity index (χ1n) is 8.21. The van der Waals surface area contributed by atoms with Gasteiger partial charge in [-0.2, -0.15) is 0 Å². The number of halogens is 1. The van der Waals surface area contributed by atoms with Crippen LogP contribution in [0.5, 0.6) is 0 Å². The van der Waals surface area contributed by atoms with Crippen LogP contribution in [0.3, 0.4) is 0 Å². The Hall–Kier alpha value is -3.12. The van der Waals surface area contributed by atoms with E-state index in [1.165, 1.54) is 12.1 Å². The summed E-state index contributed by atoms with van der Waals surface area (Å²) in [5.74, 6) is 4.17. The summed E-state index contributed by atoms with van der Waals surface area (Å²) in [6.45, 7) is 0. The van der Waals surface area contributed by atoms with Gasteiger partial charge in [-0.1, -0.05) is 23.7 Å². The summed E-state index contributed by atoms with van der Waals surface area (Å²) in [6, 6.07) is 13.0. The number of aromatic nitrogens is 1. The van der Waals surface area contributed by atoms with E-state index >= 15 is 0 Å². The third-order valence-electron chi connectivity index (χ3n) is 3.86. The number of carbonyl (C=O) groups is 1. The summed E-state index contributed by atoms with van der Waals surface area (Å²) >= 11 is 5.95. The molecule has 1 aromatic heterocycles. The Kier molecular flexibility index (Phi) is 5.75. The number of benzene rings is 2. The molecule has 0 spiro atoms. The molecule has 9 heteroatoms. The molecule has 3 rings (SSSR count). The highest BCUT2D eigenvalue weighted by molar-refractivity contribution is 7.90. The van der Waals surface area contributed by atoms with Crippen LogP contribution >= 0.6 is 11.6 Å². The summed E-state index contributed by atoms with van der Waals surface area (Å²) in [5.41, 5.74) is 1.72. The highest BCUT2D eigenvalue weighted by Gasteiger charge is 2.17. The van der Waals surface area contributed by atoms with Crippen LogP contribution in [0.2, 0.25) is 5.02 Å². The van der Waals surface area contributed by atoms with Crippen molar-refractivity contribution in [3.63, 3.8) is 0 Å². The third kappa shape index (κ3) is 4.84. The number of carbonyl (C=O) groups excluding carboxylic acids is 1. The van der Waals surface area contributed by atoms with Crippen LogP contribution in [-0.2, 0) is 14.6 Å². The second-order valence-corrected chi connectivity index (χ2v) is 8.53. The zero-order valence-electron chi connectivity index (χ0n) is 15.4. The van der Waals surface area contributed by atoms with Crippen molar-refractivity contribution in [3.8, 4) is 34.4 Å². The number of oxazole rings is 1. The lowest BCUT2D eigenvalue weighted by Gasteiger charge is -2.03. The largest absolute Gasteiger partial charge is 0.429 e. The van der Waals surface area contributed by atoms with Crippen LogP contribution in [0.1, 0.15) is 5.89 Å². The number of sulfone groups is 1. The van der Waals surface area contributed by atoms with E-state index in [0.29, 0.717) is 32.7 Å². The molecule has 0 atom stereocenters. The molecule has 1 heterocycles. The van der Waals surface area contributed by atoms with E-state index in [9.17, 15) is 13.2 Å². The molecule has 1 N–H and O–H groups in total. The van der Waals surface area contributed by atoms with E-state index < -0.39 is 15.7 Å². The Bertz CT molecular complexity index is 1220. The van der Waals surface area contributed by atoms with Crippen molar-refractivity contribution in [1.82, 2.24) is 10.0 Å². The quantitative estimate of drug-likeness (QED) is 0.389. The SMILES string of the molecule is CN(O)C(=O)C#Cc1nc(-c2ccc(Cl)cc2)c(-c2ccc(S(C)(=O)=O)cc2)o1. The van der Waals surface area contributed by atoms with Crippen LogP contribution in [0, 0.1) is 11.8 Å². The molecular formula is C20H15ClN2O5S. The average molecular weight is 431 g/mol. The third-order valence-corrected chi connectivity index (χ3v) is 5.24. The standard InChI is InChI=1S/C20H15ClN2O5S/c1-23(25)18(24)12-11-17-22-19(13-3-7-15(21)8-4-13)20(28-17)14-5-9-16(10-6-14)29(2,26)27/h3-10,25H,1-2H3. The maximum absolute atomic E-state index is 11.7. The fourth-order valence-corrected chi connectivity index (χ4v) is 3.17. The molecule has 0 aliphatic carbocycles. The molecule has 2 aromatic carbocycles. The van der Waals surface area contributed by atoms with Gasteiger partial charge in [0.05, 0.1) is 4.90 Å². The lowest BCUT2D eigenvalue weighted by Crippen LogP contribution is -2.20. The highest BCUT2D eigenvalue weighted by atomic mass is 35.5. The Labute approximate surface area is 172 Å². The summed E-state index contributed by atoms with van der Waals surface area (Å²) in [6.07, 6.45) is 1.12. The predicted octanol–water partition coefficient (Wildman–Crippen LogP) is 3.26. The molecule has 7 nitrogen and oxygen atoms in total. The van der Waals surface area contributed by atoms with Gasteiger partial charge in [0, 0.05) is 41.3 Å². The van der Waals surface area contributed by atoms with Gasteiger partial charge in [-0.15, -0.1) is 0 Å². The topological polar surface area (TPSA) is 101 Å². The van der Waals surface area contributed by atoms with Gasteiger partial charge in [0.2, 0.25) is 0 Å². The zero-order chi connectivity index (χ0) is 21.2.